The molecule has 4 amide bonds. The predicted molar refractivity (Wildman–Crippen MR) is 106 cm³/mol. The zero-order chi connectivity index (χ0) is 21.2. The van der Waals surface area contributed by atoms with Gasteiger partial charge < -0.3 is 9.64 Å². The maximum absolute atomic E-state index is 12.8. The second kappa shape index (κ2) is 8.23. The number of ether oxygens (including phenoxy) is 1. The Balaban J connectivity index is 1.57. The van der Waals surface area contributed by atoms with Crippen LogP contribution in [0.25, 0.3) is 0 Å². The third-order valence-corrected chi connectivity index (χ3v) is 5.00. The summed E-state index contributed by atoms with van der Waals surface area (Å²) in [5, 5.41) is 2.28. The van der Waals surface area contributed by atoms with Crippen LogP contribution >= 0.6 is 0 Å². The fourth-order valence-electron chi connectivity index (χ4n) is 3.48. The molecule has 2 fully saturated rings. The van der Waals surface area contributed by atoms with Gasteiger partial charge in [-0.25, -0.2) is 4.79 Å². The quantitative estimate of drug-likeness (QED) is 0.784. The lowest BCUT2D eigenvalue weighted by Crippen LogP contribution is -2.49. The van der Waals surface area contributed by atoms with E-state index in [1.54, 1.807) is 29.2 Å². The molecule has 0 aromatic heterocycles. The molecule has 0 bridgehead atoms. The van der Waals surface area contributed by atoms with Crippen LogP contribution in [-0.4, -0.2) is 54.0 Å². The standard InChI is InChI=1S/C21H27N3O5/c1-21(2,3)29-19(27)15-8-11-23(12-9-15)18(26)14-4-6-16(7-5-14)24-13-10-17(25)22-20(24)28/h4-7,15H,8-13H2,1-3H3,(H,22,25,28). The largest absolute Gasteiger partial charge is 0.460 e. The van der Waals surface area contributed by atoms with E-state index < -0.39 is 11.6 Å². The fourth-order valence-corrected chi connectivity index (χ4v) is 3.48. The van der Waals surface area contributed by atoms with Gasteiger partial charge in [0, 0.05) is 37.3 Å². The van der Waals surface area contributed by atoms with Crippen LogP contribution in [0.1, 0.15) is 50.4 Å². The summed E-state index contributed by atoms with van der Waals surface area (Å²) in [6, 6.07) is 6.32. The van der Waals surface area contributed by atoms with Crippen molar-refractivity contribution >= 4 is 29.5 Å². The summed E-state index contributed by atoms with van der Waals surface area (Å²) in [4.78, 5) is 51.4. The van der Waals surface area contributed by atoms with E-state index in [0.717, 1.165) is 0 Å². The van der Waals surface area contributed by atoms with Crippen molar-refractivity contribution in [1.82, 2.24) is 10.2 Å². The number of amides is 4. The molecule has 0 saturated carbocycles. The van der Waals surface area contributed by atoms with E-state index in [-0.39, 0.29) is 30.1 Å². The Labute approximate surface area is 170 Å². The van der Waals surface area contributed by atoms with Crippen molar-refractivity contribution < 1.29 is 23.9 Å². The topological polar surface area (TPSA) is 96.0 Å². The number of hydrogen-bond donors (Lipinski definition) is 1. The third kappa shape index (κ3) is 5.13. The fraction of sp³-hybridized carbons (Fsp3) is 0.524. The van der Waals surface area contributed by atoms with Crippen LogP contribution in [0, 0.1) is 5.92 Å². The van der Waals surface area contributed by atoms with Crippen LogP contribution in [-0.2, 0) is 14.3 Å². The molecule has 8 nitrogen and oxygen atoms in total. The first kappa shape index (κ1) is 20.8. The Morgan fingerprint density at radius 1 is 1.03 bits per heavy atom. The summed E-state index contributed by atoms with van der Waals surface area (Å²) in [5.74, 6) is -0.765. The highest BCUT2D eigenvalue weighted by Gasteiger charge is 2.31. The molecule has 0 atom stereocenters. The first-order valence-electron chi connectivity index (χ1n) is 9.87. The molecule has 2 saturated heterocycles. The molecule has 0 aliphatic carbocycles. The average Bonchev–Trinajstić information content (AvgIpc) is 2.66. The lowest BCUT2D eigenvalue weighted by atomic mass is 9.96. The van der Waals surface area contributed by atoms with Crippen molar-refractivity contribution in [2.75, 3.05) is 24.5 Å². The number of piperidine rings is 1. The van der Waals surface area contributed by atoms with Gasteiger partial charge in [0.2, 0.25) is 5.91 Å². The smallest absolute Gasteiger partial charge is 0.328 e. The summed E-state index contributed by atoms with van der Waals surface area (Å²) in [5.41, 5.74) is 0.651. The Kier molecular flexibility index (Phi) is 5.91. The number of imide groups is 1. The van der Waals surface area contributed by atoms with Gasteiger partial charge in [0.1, 0.15) is 5.60 Å². The number of urea groups is 1. The third-order valence-electron chi connectivity index (χ3n) is 5.00. The SMILES string of the molecule is CC(C)(C)OC(=O)C1CCN(C(=O)c2ccc(N3CCC(=O)NC3=O)cc2)CC1. The number of carbonyl (C=O) groups excluding carboxylic acids is 4. The van der Waals surface area contributed by atoms with E-state index >= 15 is 0 Å². The number of nitrogens with zero attached hydrogens (tertiary/aromatic N) is 2. The Bertz CT molecular complexity index is 805. The maximum atomic E-state index is 12.8. The first-order valence-corrected chi connectivity index (χ1v) is 9.87. The highest BCUT2D eigenvalue weighted by molar-refractivity contribution is 6.05. The summed E-state index contributed by atoms with van der Waals surface area (Å²) in [6.45, 7) is 6.86. The molecule has 3 rings (SSSR count). The summed E-state index contributed by atoms with van der Waals surface area (Å²) in [6.07, 6.45) is 1.42. The summed E-state index contributed by atoms with van der Waals surface area (Å²) in [7, 11) is 0. The van der Waals surface area contributed by atoms with Gasteiger partial charge in [-0.15, -0.1) is 0 Å². The number of likely N-dealkylation sites (tertiary alicyclic amines) is 1. The maximum Gasteiger partial charge on any atom is 0.328 e. The average molecular weight is 401 g/mol. The van der Waals surface area contributed by atoms with Crippen LogP contribution < -0.4 is 10.2 Å². The highest BCUT2D eigenvalue weighted by atomic mass is 16.6. The molecule has 29 heavy (non-hydrogen) atoms. The second-order valence-electron chi connectivity index (χ2n) is 8.40. The predicted octanol–water partition coefficient (Wildman–Crippen LogP) is 2.33. The van der Waals surface area contributed by atoms with E-state index in [2.05, 4.69) is 5.32 Å². The van der Waals surface area contributed by atoms with Crippen molar-refractivity contribution in [3.63, 3.8) is 0 Å². The highest BCUT2D eigenvalue weighted by Crippen LogP contribution is 2.24. The minimum absolute atomic E-state index is 0.0996. The molecule has 156 valence electrons. The normalized spacial score (nSPS) is 18.4. The molecular weight excluding hydrogens is 374 g/mol. The van der Waals surface area contributed by atoms with Crippen LogP contribution in [0.5, 0.6) is 0 Å². The number of carbonyl (C=O) groups is 4. The molecule has 0 spiro atoms. The zero-order valence-corrected chi connectivity index (χ0v) is 17.1. The van der Waals surface area contributed by atoms with E-state index in [0.29, 0.717) is 43.7 Å². The first-order chi connectivity index (χ1) is 13.6. The number of rotatable bonds is 3. The Hall–Kier alpha value is -2.90. The van der Waals surface area contributed by atoms with E-state index in [9.17, 15) is 19.2 Å². The lowest BCUT2D eigenvalue weighted by Gasteiger charge is -2.32. The molecule has 2 aliphatic rings. The second-order valence-corrected chi connectivity index (χ2v) is 8.40. The number of hydrogen-bond acceptors (Lipinski definition) is 5. The van der Waals surface area contributed by atoms with Crippen molar-refractivity contribution in [2.24, 2.45) is 5.92 Å². The van der Waals surface area contributed by atoms with E-state index in [1.165, 1.54) is 4.90 Å². The molecular formula is C21H27N3O5. The van der Waals surface area contributed by atoms with Gasteiger partial charge in [-0.3, -0.25) is 24.6 Å². The summed E-state index contributed by atoms with van der Waals surface area (Å²) >= 11 is 0. The van der Waals surface area contributed by atoms with Crippen molar-refractivity contribution in [3.05, 3.63) is 29.8 Å². The minimum Gasteiger partial charge on any atom is -0.460 e. The molecule has 0 radical (unpaired) electrons. The van der Waals surface area contributed by atoms with Crippen LogP contribution in [0.15, 0.2) is 24.3 Å². The molecule has 1 aromatic carbocycles. The summed E-state index contributed by atoms with van der Waals surface area (Å²) < 4.78 is 5.44. The van der Waals surface area contributed by atoms with Crippen molar-refractivity contribution in [3.8, 4) is 0 Å². The van der Waals surface area contributed by atoms with Gasteiger partial charge in [0.05, 0.1) is 5.92 Å². The molecule has 2 heterocycles. The van der Waals surface area contributed by atoms with E-state index in [4.69, 9.17) is 4.74 Å². The van der Waals surface area contributed by atoms with Gasteiger partial charge in [0.15, 0.2) is 0 Å². The number of anilines is 1. The molecule has 1 aromatic rings. The molecule has 0 unspecified atom stereocenters. The Morgan fingerprint density at radius 2 is 1.66 bits per heavy atom. The number of nitrogens with one attached hydrogen (secondary N) is 1. The minimum atomic E-state index is -0.510. The van der Waals surface area contributed by atoms with Gasteiger partial charge in [-0.1, -0.05) is 0 Å². The van der Waals surface area contributed by atoms with Gasteiger partial charge >= 0.3 is 12.0 Å². The molecule has 2 aliphatic heterocycles. The van der Waals surface area contributed by atoms with Crippen LogP contribution in [0.2, 0.25) is 0 Å². The number of benzene rings is 1. The number of esters is 1. The van der Waals surface area contributed by atoms with Gasteiger partial charge in [-0.05, 0) is 57.9 Å². The zero-order valence-electron chi connectivity index (χ0n) is 17.1. The molecule has 8 heteroatoms. The van der Waals surface area contributed by atoms with E-state index in [1.807, 2.05) is 20.8 Å². The molecule has 1 N–H and O–H groups in total. The Morgan fingerprint density at radius 3 is 2.21 bits per heavy atom. The van der Waals surface area contributed by atoms with Crippen molar-refractivity contribution in [1.29, 1.82) is 0 Å². The lowest BCUT2D eigenvalue weighted by molar-refractivity contribution is -0.161. The van der Waals surface area contributed by atoms with Crippen LogP contribution in [0.4, 0.5) is 10.5 Å². The monoisotopic (exact) mass is 401 g/mol. The van der Waals surface area contributed by atoms with Crippen LogP contribution in [0.3, 0.4) is 0 Å². The van der Waals surface area contributed by atoms with Gasteiger partial charge in [0.25, 0.3) is 5.91 Å². The van der Waals surface area contributed by atoms with Crippen molar-refractivity contribution in [2.45, 2.75) is 45.6 Å². The van der Waals surface area contributed by atoms with Gasteiger partial charge in [-0.2, -0.15) is 0 Å².